The first-order valence-corrected chi connectivity index (χ1v) is 5.18. The summed E-state index contributed by atoms with van der Waals surface area (Å²) in [5.74, 6) is -0.122. The van der Waals surface area contributed by atoms with Crippen LogP contribution in [0.25, 0.3) is 0 Å². The van der Waals surface area contributed by atoms with Gasteiger partial charge in [0.05, 0.1) is 13.7 Å². The molecule has 90 valence electrons. The Labute approximate surface area is 94.8 Å². The molecular weight excluding hydrogens is 211 g/mol. The maximum Gasteiger partial charge on any atom is 0.170 e. The molecule has 0 bridgehead atoms. The van der Waals surface area contributed by atoms with Crippen molar-refractivity contribution in [3.8, 4) is 5.75 Å². The summed E-state index contributed by atoms with van der Waals surface area (Å²) < 4.78 is 23.8. The number of ether oxygens (including phenoxy) is 2. The molecule has 0 aliphatic heterocycles. The molecule has 0 spiro atoms. The fourth-order valence-corrected chi connectivity index (χ4v) is 1.59. The van der Waals surface area contributed by atoms with Crippen LogP contribution in [-0.2, 0) is 17.8 Å². The van der Waals surface area contributed by atoms with Crippen LogP contribution in [0.3, 0.4) is 0 Å². The average Bonchev–Trinajstić information content (AvgIpc) is 2.30. The van der Waals surface area contributed by atoms with Crippen molar-refractivity contribution in [3.05, 3.63) is 29.1 Å². The zero-order valence-electron chi connectivity index (χ0n) is 9.62. The van der Waals surface area contributed by atoms with Crippen LogP contribution in [0.2, 0.25) is 0 Å². The largest absolute Gasteiger partial charge is 0.493 e. The second kappa shape index (κ2) is 6.45. The SMILES string of the molecule is COCc1ccc(CCCO)c(OC)c1F. The van der Waals surface area contributed by atoms with Gasteiger partial charge in [0.1, 0.15) is 0 Å². The van der Waals surface area contributed by atoms with Crippen LogP contribution >= 0.6 is 0 Å². The van der Waals surface area contributed by atoms with Gasteiger partial charge in [-0.15, -0.1) is 0 Å². The molecule has 1 aromatic rings. The Morgan fingerprint density at radius 1 is 1.25 bits per heavy atom. The Morgan fingerprint density at radius 3 is 2.50 bits per heavy atom. The van der Waals surface area contributed by atoms with E-state index in [-0.39, 0.29) is 24.8 Å². The highest BCUT2D eigenvalue weighted by Crippen LogP contribution is 2.27. The van der Waals surface area contributed by atoms with Crippen molar-refractivity contribution >= 4 is 0 Å². The maximum atomic E-state index is 13.9. The summed E-state index contributed by atoms with van der Waals surface area (Å²) in [5, 5.41) is 8.74. The summed E-state index contributed by atoms with van der Waals surface area (Å²) in [4.78, 5) is 0. The molecule has 0 fully saturated rings. The standard InChI is InChI=1S/C12H17FO3/c1-15-8-10-6-5-9(4-3-7-14)12(16-2)11(10)13/h5-6,14H,3-4,7-8H2,1-2H3. The van der Waals surface area contributed by atoms with Crippen molar-refractivity contribution in [1.82, 2.24) is 0 Å². The van der Waals surface area contributed by atoms with Crippen LogP contribution in [0, 0.1) is 5.82 Å². The molecule has 0 aromatic heterocycles. The molecule has 0 heterocycles. The third-order valence-corrected chi connectivity index (χ3v) is 2.37. The van der Waals surface area contributed by atoms with Crippen LogP contribution in [-0.4, -0.2) is 25.9 Å². The van der Waals surface area contributed by atoms with Crippen LogP contribution < -0.4 is 4.74 Å². The van der Waals surface area contributed by atoms with Crippen molar-refractivity contribution in [3.63, 3.8) is 0 Å². The molecule has 1 aromatic carbocycles. The third-order valence-electron chi connectivity index (χ3n) is 2.37. The molecule has 3 nitrogen and oxygen atoms in total. The maximum absolute atomic E-state index is 13.9. The molecule has 1 rings (SSSR count). The summed E-state index contributed by atoms with van der Waals surface area (Å²) in [6, 6.07) is 3.50. The van der Waals surface area contributed by atoms with Crippen molar-refractivity contribution in [2.45, 2.75) is 19.4 Å². The van der Waals surface area contributed by atoms with Gasteiger partial charge in [-0.25, -0.2) is 4.39 Å². The van der Waals surface area contributed by atoms with E-state index < -0.39 is 0 Å². The smallest absolute Gasteiger partial charge is 0.170 e. The molecule has 16 heavy (non-hydrogen) atoms. The average molecular weight is 228 g/mol. The predicted octanol–water partition coefficient (Wildman–Crippen LogP) is 1.91. The molecule has 0 atom stereocenters. The lowest BCUT2D eigenvalue weighted by Crippen LogP contribution is -2.01. The van der Waals surface area contributed by atoms with Crippen LogP contribution in [0.15, 0.2) is 12.1 Å². The molecule has 0 radical (unpaired) electrons. The van der Waals surface area contributed by atoms with E-state index in [0.29, 0.717) is 18.4 Å². The number of rotatable bonds is 6. The van der Waals surface area contributed by atoms with E-state index in [4.69, 9.17) is 14.6 Å². The number of hydrogen-bond acceptors (Lipinski definition) is 3. The molecular formula is C12H17FO3. The van der Waals surface area contributed by atoms with E-state index in [2.05, 4.69) is 0 Å². The first-order valence-electron chi connectivity index (χ1n) is 5.18. The zero-order chi connectivity index (χ0) is 12.0. The number of halogens is 1. The molecule has 0 saturated heterocycles. The molecule has 1 N–H and O–H groups in total. The van der Waals surface area contributed by atoms with Crippen molar-refractivity contribution < 1.29 is 19.0 Å². The van der Waals surface area contributed by atoms with Gasteiger partial charge in [-0.05, 0) is 18.4 Å². The minimum Gasteiger partial charge on any atom is -0.493 e. The molecule has 0 aliphatic carbocycles. The summed E-state index contributed by atoms with van der Waals surface area (Å²) in [6.45, 7) is 0.313. The van der Waals surface area contributed by atoms with E-state index in [1.165, 1.54) is 14.2 Å². The van der Waals surface area contributed by atoms with Crippen LogP contribution in [0.5, 0.6) is 5.75 Å². The Bertz CT molecular complexity index is 339. The molecule has 0 saturated carbocycles. The lowest BCUT2D eigenvalue weighted by atomic mass is 10.1. The van der Waals surface area contributed by atoms with Crippen LogP contribution in [0.4, 0.5) is 4.39 Å². The molecule has 0 unspecified atom stereocenters. The number of aryl methyl sites for hydroxylation is 1. The van der Waals surface area contributed by atoms with E-state index >= 15 is 0 Å². The van der Waals surface area contributed by atoms with Gasteiger partial charge in [-0.2, -0.15) is 0 Å². The number of hydrogen-bond donors (Lipinski definition) is 1. The van der Waals surface area contributed by atoms with Crippen LogP contribution in [0.1, 0.15) is 17.5 Å². The van der Waals surface area contributed by atoms with Gasteiger partial charge in [0.2, 0.25) is 0 Å². The van der Waals surface area contributed by atoms with Crippen molar-refractivity contribution in [2.24, 2.45) is 0 Å². The summed E-state index contributed by atoms with van der Waals surface area (Å²) in [6.07, 6.45) is 1.20. The van der Waals surface area contributed by atoms with Gasteiger partial charge in [-0.1, -0.05) is 12.1 Å². The fraction of sp³-hybridized carbons (Fsp3) is 0.500. The van der Waals surface area contributed by atoms with E-state index in [1.54, 1.807) is 6.07 Å². The lowest BCUT2D eigenvalue weighted by Gasteiger charge is -2.12. The number of benzene rings is 1. The second-order valence-electron chi connectivity index (χ2n) is 3.49. The minimum atomic E-state index is -0.375. The highest BCUT2D eigenvalue weighted by Gasteiger charge is 2.13. The topological polar surface area (TPSA) is 38.7 Å². The molecule has 0 amide bonds. The number of aliphatic hydroxyl groups is 1. The quantitative estimate of drug-likeness (QED) is 0.808. The Kier molecular flexibility index (Phi) is 5.22. The van der Waals surface area contributed by atoms with Gasteiger partial charge < -0.3 is 14.6 Å². The predicted molar refractivity (Wildman–Crippen MR) is 59.1 cm³/mol. The Morgan fingerprint density at radius 2 is 1.94 bits per heavy atom. The first-order chi connectivity index (χ1) is 7.74. The normalized spacial score (nSPS) is 10.5. The van der Waals surface area contributed by atoms with Gasteiger partial charge in [0.25, 0.3) is 0 Å². The zero-order valence-corrected chi connectivity index (χ0v) is 9.62. The number of aliphatic hydroxyl groups excluding tert-OH is 1. The van der Waals surface area contributed by atoms with Gasteiger partial charge >= 0.3 is 0 Å². The highest BCUT2D eigenvalue weighted by atomic mass is 19.1. The monoisotopic (exact) mass is 228 g/mol. The summed E-state index contributed by atoms with van der Waals surface area (Å²) >= 11 is 0. The third kappa shape index (κ3) is 2.93. The second-order valence-corrected chi connectivity index (χ2v) is 3.49. The van der Waals surface area contributed by atoms with Crippen molar-refractivity contribution in [1.29, 1.82) is 0 Å². The first kappa shape index (κ1) is 12.9. The fourth-order valence-electron chi connectivity index (χ4n) is 1.59. The van der Waals surface area contributed by atoms with E-state index in [0.717, 1.165) is 5.56 Å². The minimum absolute atomic E-state index is 0.0879. The Hall–Kier alpha value is -1.13. The molecule has 4 heteroatoms. The Balaban J connectivity index is 2.98. The van der Waals surface area contributed by atoms with E-state index in [1.807, 2.05) is 6.07 Å². The van der Waals surface area contributed by atoms with Gasteiger partial charge in [0.15, 0.2) is 11.6 Å². The van der Waals surface area contributed by atoms with Crippen molar-refractivity contribution in [2.75, 3.05) is 20.8 Å². The van der Waals surface area contributed by atoms with Gasteiger partial charge in [0, 0.05) is 19.3 Å². The summed E-state index contributed by atoms with van der Waals surface area (Å²) in [5.41, 5.74) is 1.25. The summed E-state index contributed by atoms with van der Waals surface area (Å²) in [7, 11) is 2.96. The molecule has 0 aliphatic rings. The van der Waals surface area contributed by atoms with E-state index in [9.17, 15) is 4.39 Å². The van der Waals surface area contributed by atoms with Gasteiger partial charge in [-0.3, -0.25) is 0 Å². The number of methoxy groups -OCH3 is 2. The highest BCUT2D eigenvalue weighted by molar-refractivity contribution is 5.39. The lowest BCUT2D eigenvalue weighted by molar-refractivity contribution is 0.180.